The lowest BCUT2D eigenvalue weighted by Gasteiger charge is -2.36. The summed E-state index contributed by atoms with van der Waals surface area (Å²) in [6.45, 7) is 6.06. The molecule has 0 amide bonds. The zero-order valence-corrected chi connectivity index (χ0v) is 21.3. The van der Waals surface area contributed by atoms with Gasteiger partial charge in [0, 0.05) is 18.2 Å². The minimum Gasteiger partial charge on any atom is -0.487 e. The van der Waals surface area contributed by atoms with Gasteiger partial charge in [0.15, 0.2) is 11.6 Å². The summed E-state index contributed by atoms with van der Waals surface area (Å²) in [5, 5.41) is 17.7. The number of carboxylic acids is 1. The first-order chi connectivity index (χ1) is 17.8. The summed E-state index contributed by atoms with van der Waals surface area (Å²) in [7, 11) is 0. The Morgan fingerprint density at radius 1 is 1.13 bits per heavy atom. The number of ether oxygens (including phenoxy) is 1. The van der Waals surface area contributed by atoms with Crippen LogP contribution in [0.1, 0.15) is 57.7 Å². The number of hydrogen-bond acceptors (Lipinski definition) is 5. The Labute approximate surface area is 217 Å². The molecule has 0 aliphatic heterocycles. The SMILES string of the molecule is CC(C)(C)n1nccc1Nc1cccc(CC2(C(=O)O)CCC(Oc3cccc(C(F)(F)F)c3F)CC2)n1. The fraction of sp³-hybridized carbons (Fsp3) is 0.444. The number of nitrogens with one attached hydrogen (secondary N) is 1. The fourth-order valence-electron chi connectivity index (χ4n) is 4.79. The normalized spacial score (nSPS) is 20.2. The number of carbonyl (C=O) groups is 1. The molecule has 0 saturated heterocycles. The van der Waals surface area contributed by atoms with E-state index in [0.29, 0.717) is 17.6 Å². The van der Waals surface area contributed by atoms with Gasteiger partial charge in [-0.15, -0.1) is 0 Å². The van der Waals surface area contributed by atoms with Crippen molar-refractivity contribution in [2.24, 2.45) is 5.41 Å². The Morgan fingerprint density at radius 3 is 2.45 bits per heavy atom. The van der Waals surface area contributed by atoms with Crippen molar-refractivity contribution in [1.29, 1.82) is 0 Å². The smallest absolute Gasteiger partial charge is 0.419 e. The first-order valence-corrected chi connectivity index (χ1v) is 12.3. The first-order valence-electron chi connectivity index (χ1n) is 12.3. The van der Waals surface area contributed by atoms with Gasteiger partial charge in [-0.25, -0.2) is 14.1 Å². The molecule has 2 aromatic heterocycles. The van der Waals surface area contributed by atoms with Crippen LogP contribution in [0.25, 0.3) is 0 Å². The third-order valence-corrected chi connectivity index (χ3v) is 6.77. The summed E-state index contributed by atoms with van der Waals surface area (Å²) >= 11 is 0. The number of halogens is 4. The van der Waals surface area contributed by atoms with Crippen LogP contribution in [0.15, 0.2) is 48.7 Å². The molecule has 1 aliphatic rings. The Kier molecular flexibility index (Phi) is 7.40. The van der Waals surface area contributed by atoms with Crippen molar-refractivity contribution in [2.45, 2.75) is 70.7 Å². The topological polar surface area (TPSA) is 89.3 Å². The monoisotopic (exact) mass is 534 g/mol. The molecular weight excluding hydrogens is 504 g/mol. The van der Waals surface area contributed by atoms with Crippen LogP contribution in [0.4, 0.5) is 29.2 Å². The Morgan fingerprint density at radius 2 is 1.82 bits per heavy atom. The van der Waals surface area contributed by atoms with Gasteiger partial charge in [0.1, 0.15) is 11.6 Å². The van der Waals surface area contributed by atoms with E-state index in [9.17, 15) is 27.5 Å². The van der Waals surface area contributed by atoms with E-state index in [4.69, 9.17) is 4.74 Å². The zero-order valence-electron chi connectivity index (χ0n) is 21.3. The molecule has 4 rings (SSSR count). The maximum Gasteiger partial charge on any atom is 0.419 e. The summed E-state index contributed by atoms with van der Waals surface area (Å²) in [5.41, 5.74) is -2.18. The molecule has 0 spiro atoms. The zero-order chi connectivity index (χ0) is 27.7. The van der Waals surface area contributed by atoms with E-state index in [1.165, 1.54) is 0 Å². The standard InChI is InChI=1S/C27H30F4N4O3/c1-25(2,3)35-22(12-15-32-35)34-21-9-4-6-17(33-21)16-26(24(36)37)13-10-18(11-14-26)38-20-8-5-7-19(23(20)28)27(29,30)31/h4-9,12,15,18H,10-11,13-14,16H2,1-3H3,(H,33,34)(H,36,37). The summed E-state index contributed by atoms with van der Waals surface area (Å²) in [6, 6.07) is 10.1. The molecule has 3 aromatic rings. The molecule has 0 atom stereocenters. The molecule has 0 radical (unpaired) electrons. The van der Waals surface area contributed by atoms with Gasteiger partial charge in [-0.05, 0) is 70.7 Å². The number of hydrogen-bond donors (Lipinski definition) is 2. The molecule has 204 valence electrons. The molecule has 1 fully saturated rings. The lowest BCUT2D eigenvalue weighted by molar-refractivity contribution is -0.152. The van der Waals surface area contributed by atoms with Gasteiger partial charge in [-0.1, -0.05) is 12.1 Å². The van der Waals surface area contributed by atoms with Crippen LogP contribution in [0.5, 0.6) is 5.75 Å². The molecule has 0 unspecified atom stereocenters. The largest absolute Gasteiger partial charge is 0.487 e. The average molecular weight is 535 g/mol. The van der Waals surface area contributed by atoms with Crippen molar-refractivity contribution >= 4 is 17.6 Å². The molecule has 1 aromatic carbocycles. The van der Waals surface area contributed by atoms with Crippen LogP contribution in [0.3, 0.4) is 0 Å². The molecule has 2 N–H and O–H groups in total. The second-order valence-corrected chi connectivity index (χ2v) is 10.6. The van der Waals surface area contributed by atoms with Crippen LogP contribution < -0.4 is 10.1 Å². The predicted octanol–water partition coefficient (Wildman–Crippen LogP) is 6.57. The third kappa shape index (κ3) is 5.92. The highest BCUT2D eigenvalue weighted by Crippen LogP contribution is 2.42. The van der Waals surface area contributed by atoms with Crippen LogP contribution in [-0.2, 0) is 22.9 Å². The number of aliphatic carboxylic acids is 1. The third-order valence-electron chi connectivity index (χ3n) is 6.77. The minimum absolute atomic E-state index is 0.168. The van der Waals surface area contributed by atoms with Gasteiger partial charge < -0.3 is 15.2 Å². The Balaban J connectivity index is 1.45. The number of aromatic nitrogens is 3. The molecule has 1 aliphatic carbocycles. The van der Waals surface area contributed by atoms with E-state index in [1.807, 2.05) is 31.5 Å². The maximum atomic E-state index is 14.4. The highest BCUT2D eigenvalue weighted by atomic mass is 19.4. The van der Waals surface area contributed by atoms with Crippen LogP contribution in [0.2, 0.25) is 0 Å². The van der Waals surface area contributed by atoms with Gasteiger partial charge in [-0.2, -0.15) is 18.3 Å². The number of nitrogens with zero attached hydrogens (tertiary/aromatic N) is 3. The molecule has 11 heteroatoms. The second kappa shape index (κ2) is 10.3. The number of alkyl halides is 3. The fourth-order valence-corrected chi connectivity index (χ4v) is 4.79. The average Bonchev–Trinajstić information content (AvgIpc) is 3.30. The maximum absolute atomic E-state index is 14.4. The van der Waals surface area contributed by atoms with Gasteiger partial charge in [0.05, 0.1) is 28.8 Å². The summed E-state index contributed by atoms with van der Waals surface area (Å²) in [6.07, 6.45) is -2.65. The number of anilines is 2. The lowest BCUT2D eigenvalue weighted by Crippen LogP contribution is -2.40. The van der Waals surface area contributed by atoms with Crippen molar-refractivity contribution < 1.29 is 32.2 Å². The quantitative estimate of drug-likeness (QED) is 0.333. The molecule has 7 nitrogen and oxygen atoms in total. The lowest BCUT2D eigenvalue weighted by atomic mass is 9.70. The van der Waals surface area contributed by atoms with Crippen molar-refractivity contribution in [3.05, 3.63) is 65.7 Å². The van der Waals surface area contributed by atoms with E-state index in [2.05, 4.69) is 15.4 Å². The summed E-state index contributed by atoms with van der Waals surface area (Å²) in [4.78, 5) is 17.0. The van der Waals surface area contributed by atoms with E-state index >= 15 is 0 Å². The number of rotatable bonds is 7. The van der Waals surface area contributed by atoms with Gasteiger partial charge in [0.25, 0.3) is 0 Å². The van der Waals surface area contributed by atoms with Crippen LogP contribution in [0, 0.1) is 11.2 Å². The summed E-state index contributed by atoms with van der Waals surface area (Å²) in [5.74, 6) is -1.63. The highest BCUT2D eigenvalue weighted by molar-refractivity contribution is 5.75. The van der Waals surface area contributed by atoms with E-state index in [1.54, 1.807) is 24.4 Å². The van der Waals surface area contributed by atoms with E-state index < -0.39 is 40.8 Å². The van der Waals surface area contributed by atoms with Crippen LogP contribution in [-0.4, -0.2) is 31.9 Å². The van der Waals surface area contributed by atoms with E-state index in [-0.39, 0.29) is 37.6 Å². The molecular formula is C27H30F4N4O3. The van der Waals surface area contributed by atoms with Crippen molar-refractivity contribution in [2.75, 3.05) is 5.32 Å². The van der Waals surface area contributed by atoms with E-state index in [0.717, 1.165) is 18.0 Å². The highest BCUT2D eigenvalue weighted by Gasteiger charge is 2.43. The second-order valence-electron chi connectivity index (χ2n) is 10.6. The van der Waals surface area contributed by atoms with Crippen molar-refractivity contribution in [3.8, 4) is 5.75 Å². The van der Waals surface area contributed by atoms with Crippen molar-refractivity contribution in [1.82, 2.24) is 14.8 Å². The Hall–Kier alpha value is -3.63. The molecule has 38 heavy (non-hydrogen) atoms. The molecule has 2 heterocycles. The number of pyridine rings is 1. The van der Waals surface area contributed by atoms with Crippen molar-refractivity contribution in [3.63, 3.8) is 0 Å². The first kappa shape index (κ1) is 27.4. The van der Waals surface area contributed by atoms with Gasteiger partial charge >= 0.3 is 12.1 Å². The molecule has 1 saturated carbocycles. The minimum atomic E-state index is -4.84. The van der Waals surface area contributed by atoms with Crippen LogP contribution >= 0.6 is 0 Å². The predicted molar refractivity (Wildman–Crippen MR) is 133 cm³/mol. The van der Waals surface area contributed by atoms with Gasteiger partial charge in [-0.3, -0.25) is 4.79 Å². The molecule has 0 bridgehead atoms. The number of carboxylic acid groups (broad SMARTS) is 1. The summed E-state index contributed by atoms with van der Waals surface area (Å²) < 4.78 is 60.9. The number of benzene rings is 1. The Bertz CT molecular complexity index is 1290. The van der Waals surface area contributed by atoms with Gasteiger partial charge in [0.2, 0.25) is 0 Å².